The maximum atomic E-state index is 12.1. The number of aryl methyl sites for hydroxylation is 1. The molecule has 3 heteroatoms. The average molecular weight is 296 g/mol. The van der Waals surface area contributed by atoms with Crippen molar-refractivity contribution in [3.05, 3.63) is 35.4 Å². The molecule has 92 valence electrons. The lowest BCUT2D eigenvalue weighted by molar-refractivity contribution is -0.122. The number of hydrogen-bond acceptors (Lipinski definition) is 1. The summed E-state index contributed by atoms with van der Waals surface area (Å²) in [4.78, 5) is 12.1. The third kappa shape index (κ3) is 3.09. The van der Waals surface area contributed by atoms with Crippen LogP contribution in [0.15, 0.2) is 24.3 Å². The molecule has 2 nitrogen and oxygen atoms in total. The first-order valence-corrected chi connectivity index (χ1v) is 7.36. The molecule has 1 aliphatic carbocycles. The zero-order valence-electron chi connectivity index (χ0n) is 9.92. The summed E-state index contributed by atoms with van der Waals surface area (Å²) in [5, 5.41) is 3.96. The number of nitrogens with one attached hydrogen (secondary N) is 1. The lowest BCUT2D eigenvalue weighted by Crippen LogP contribution is -2.32. The second-order valence-corrected chi connectivity index (χ2v) is 5.27. The van der Waals surface area contributed by atoms with Gasteiger partial charge in [0.1, 0.15) is 0 Å². The third-order valence-electron chi connectivity index (χ3n) is 3.30. The first-order valence-electron chi connectivity index (χ1n) is 6.24. The van der Waals surface area contributed by atoms with E-state index in [0.717, 1.165) is 37.6 Å². The maximum absolute atomic E-state index is 12.1. The van der Waals surface area contributed by atoms with E-state index in [9.17, 15) is 4.79 Å². The van der Waals surface area contributed by atoms with E-state index in [0.29, 0.717) is 0 Å². The molecule has 0 aromatic heterocycles. The van der Waals surface area contributed by atoms with Crippen LogP contribution < -0.4 is 5.32 Å². The zero-order chi connectivity index (χ0) is 12.1. The minimum Gasteiger partial charge on any atom is -0.356 e. The number of halogens is 1. The van der Waals surface area contributed by atoms with Crippen molar-refractivity contribution in [3.63, 3.8) is 0 Å². The second-order valence-electron chi connectivity index (χ2n) is 4.48. The van der Waals surface area contributed by atoms with Crippen LogP contribution in [0.2, 0.25) is 0 Å². The van der Waals surface area contributed by atoms with Crippen LogP contribution in [-0.2, 0) is 11.2 Å². The highest BCUT2D eigenvalue weighted by atomic mass is 79.9. The second kappa shape index (κ2) is 6.20. The van der Waals surface area contributed by atoms with Gasteiger partial charge in [-0.05, 0) is 36.8 Å². The molecule has 0 aliphatic heterocycles. The molecule has 0 heterocycles. The number of fused-ring (bicyclic) bond motifs is 1. The predicted molar refractivity (Wildman–Crippen MR) is 73.5 cm³/mol. The molecule has 1 aliphatic rings. The Bertz CT molecular complexity index is 392. The van der Waals surface area contributed by atoms with Crippen molar-refractivity contribution >= 4 is 21.8 Å². The van der Waals surface area contributed by atoms with Crippen LogP contribution in [-0.4, -0.2) is 17.8 Å². The van der Waals surface area contributed by atoms with Gasteiger partial charge >= 0.3 is 0 Å². The van der Waals surface area contributed by atoms with Crippen molar-refractivity contribution in [2.24, 2.45) is 0 Å². The highest BCUT2D eigenvalue weighted by Gasteiger charge is 2.25. The van der Waals surface area contributed by atoms with E-state index in [4.69, 9.17) is 0 Å². The lowest BCUT2D eigenvalue weighted by atomic mass is 9.82. The van der Waals surface area contributed by atoms with E-state index in [1.165, 1.54) is 11.1 Å². The van der Waals surface area contributed by atoms with Gasteiger partial charge in [0.05, 0.1) is 5.92 Å². The van der Waals surface area contributed by atoms with E-state index in [1.54, 1.807) is 0 Å². The Labute approximate surface area is 111 Å². The highest BCUT2D eigenvalue weighted by Crippen LogP contribution is 2.31. The lowest BCUT2D eigenvalue weighted by Gasteiger charge is -2.24. The van der Waals surface area contributed by atoms with Gasteiger partial charge in [0.2, 0.25) is 5.91 Å². The van der Waals surface area contributed by atoms with E-state index >= 15 is 0 Å². The standard InChI is InChI=1S/C14H18BrNO/c15-9-4-10-16-14(17)13-8-3-6-11-5-1-2-7-12(11)13/h1-2,5,7,13H,3-4,6,8-10H2,(H,16,17). The fourth-order valence-electron chi connectivity index (χ4n) is 2.43. The Morgan fingerprint density at radius 1 is 1.41 bits per heavy atom. The molecule has 1 atom stereocenters. The molecule has 17 heavy (non-hydrogen) atoms. The van der Waals surface area contributed by atoms with E-state index in [2.05, 4.69) is 39.4 Å². The van der Waals surface area contributed by atoms with Gasteiger partial charge < -0.3 is 5.32 Å². The number of amides is 1. The number of carbonyl (C=O) groups excluding carboxylic acids is 1. The van der Waals surface area contributed by atoms with Crippen LogP contribution in [0.4, 0.5) is 0 Å². The van der Waals surface area contributed by atoms with Gasteiger partial charge in [-0.25, -0.2) is 0 Å². The minimum absolute atomic E-state index is 0.0651. The van der Waals surface area contributed by atoms with Crippen LogP contribution in [0.25, 0.3) is 0 Å². The Kier molecular flexibility index (Phi) is 4.60. The Morgan fingerprint density at radius 2 is 2.24 bits per heavy atom. The van der Waals surface area contributed by atoms with Crippen molar-refractivity contribution in [1.29, 1.82) is 0 Å². The van der Waals surface area contributed by atoms with Crippen LogP contribution in [0.5, 0.6) is 0 Å². The maximum Gasteiger partial charge on any atom is 0.227 e. The molecule has 0 radical (unpaired) electrons. The van der Waals surface area contributed by atoms with E-state index in [1.807, 2.05) is 6.07 Å². The van der Waals surface area contributed by atoms with Gasteiger partial charge in [-0.3, -0.25) is 4.79 Å². The number of rotatable bonds is 4. The van der Waals surface area contributed by atoms with Crippen LogP contribution in [0.3, 0.4) is 0 Å². The Balaban J connectivity index is 2.05. The summed E-state index contributed by atoms with van der Waals surface area (Å²) in [6.07, 6.45) is 4.20. The summed E-state index contributed by atoms with van der Waals surface area (Å²) in [5.74, 6) is 0.258. The largest absolute Gasteiger partial charge is 0.356 e. The number of carbonyl (C=O) groups is 1. The molecule has 1 aromatic carbocycles. The minimum atomic E-state index is 0.0651. The van der Waals surface area contributed by atoms with Gasteiger partial charge in [0.15, 0.2) is 0 Å². The molecule has 1 aromatic rings. The van der Waals surface area contributed by atoms with Crippen LogP contribution >= 0.6 is 15.9 Å². The average Bonchev–Trinajstić information content (AvgIpc) is 2.38. The summed E-state index contributed by atoms with van der Waals surface area (Å²) in [6, 6.07) is 8.34. The predicted octanol–water partition coefficient (Wildman–Crippen LogP) is 3.01. The number of alkyl halides is 1. The van der Waals surface area contributed by atoms with Crippen molar-refractivity contribution in [3.8, 4) is 0 Å². The third-order valence-corrected chi connectivity index (χ3v) is 3.86. The van der Waals surface area contributed by atoms with Crippen LogP contribution in [0, 0.1) is 0 Å². The molecule has 0 spiro atoms. The van der Waals surface area contributed by atoms with Crippen LogP contribution in [0.1, 0.15) is 36.3 Å². The molecular formula is C14H18BrNO. The number of hydrogen-bond donors (Lipinski definition) is 1. The Hall–Kier alpha value is -0.830. The zero-order valence-corrected chi connectivity index (χ0v) is 11.5. The molecule has 2 rings (SSSR count). The molecule has 0 saturated heterocycles. The summed E-state index contributed by atoms with van der Waals surface area (Å²) in [6.45, 7) is 0.767. The van der Waals surface area contributed by atoms with Crippen molar-refractivity contribution in [2.75, 3.05) is 11.9 Å². The SMILES string of the molecule is O=C(NCCCBr)C1CCCc2ccccc21. The summed E-state index contributed by atoms with van der Waals surface area (Å²) < 4.78 is 0. The van der Waals surface area contributed by atoms with Gasteiger partial charge in [-0.2, -0.15) is 0 Å². The fourth-order valence-corrected chi connectivity index (χ4v) is 2.71. The molecule has 0 bridgehead atoms. The van der Waals surface area contributed by atoms with Crippen molar-refractivity contribution in [1.82, 2.24) is 5.32 Å². The monoisotopic (exact) mass is 295 g/mol. The molecular weight excluding hydrogens is 278 g/mol. The molecule has 0 fully saturated rings. The van der Waals surface area contributed by atoms with Crippen molar-refractivity contribution < 1.29 is 4.79 Å². The van der Waals surface area contributed by atoms with Gasteiger partial charge in [-0.1, -0.05) is 40.2 Å². The highest BCUT2D eigenvalue weighted by molar-refractivity contribution is 9.09. The summed E-state index contributed by atoms with van der Waals surface area (Å²) in [5.41, 5.74) is 2.58. The first kappa shape index (κ1) is 12.6. The van der Waals surface area contributed by atoms with E-state index in [-0.39, 0.29) is 11.8 Å². The molecule has 1 N–H and O–H groups in total. The summed E-state index contributed by atoms with van der Waals surface area (Å²) >= 11 is 3.37. The van der Waals surface area contributed by atoms with Gasteiger partial charge in [-0.15, -0.1) is 0 Å². The van der Waals surface area contributed by atoms with Gasteiger partial charge in [0.25, 0.3) is 0 Å². The first-order chi connectivity index (χ1) is 8.33. The Morgan fingerprint density at radius 3 is 3.06 bits per heavy atom. The fraction of sp³-hybridized carbons (Fsp3) is 0.500. The smallest absolute Gasteiger partial charge is 0.227 e. The van der Waals surface area contributed by atoms with E-state index < -0.39 is 0 Å². The molecule has 1 unspecified atom stereocenters. The molecule has 0 saturated carbocycles. The topological polar surface area (TPSA) is 29.1 Å². The molecule has 1 amide bonds. The van der Waals surface area contributed by atoms with Gasteiger partial charge in [0, 0.05) is 11.9 Å². The quantitative estimate of drug-likeness (QED) is 0.671. The summed E-state index contributed by atoms with van der Waals surface area (Å²) in [7, 11) is 0. The van der Waals surface area contributed by atoms with Crippen molar-refractivity contribution in [2.45, 2.75) is 31.6 Å². The normalized spacial score (nSPS) is 18.5. The number of benzene rings is 1.